The van der Waals surface area contributed by atoms with Crippen molar-refractivity contribution in [2.24, 2.45) is 0 Å². The maximum atomic E-state index is 4.87. The van der Waals surface area contributed by atoms with Crippen molar-refractivity contribution in [3.05, 3.63) is 41.0 Å². The summed E-state index contributed by atoms with van der Waals surface area (Å²) in [4.78, 5) is 6.20. The minimum atomic E-state index is 0.842. The lowest BCUT2D eigenvalue weighted by molar-refractivity contribution is 0.796. The van der Waals surface area contributed by atoms with Crippen molar-refractivity contribution in [2.75, 3.05) is 7.05 Å². The van der Waals surface area contributed by atoms with Crippen molar-refractivity contribution in [3.8, 4) is 10.4 Å². The third kappa shape index (κ3) is 3.87. The summed E-state index contributed by atoms with van der Waals surface area (Å²) in [5.74, 6) is 1.07. The first-order valence-electron chi connectivity index (χ1n) is 7.67. The van der Waals surface area contributed by atoms with Gasteiger partial charge in [-0.1, -0.05) is 43.2 Å². The third-order valence-corrected chi connectivity index (χ3v) is 6.58. The fourth-order valence-corrected chi connectivity index (χ4v) is 5.24. The quantitative estimate of drug-likeness (QED) is 0.835. The maximum Gasteiger partial charge on any atom is 0.103 e. The monoisotopic (exact) mass is 318 g/mol. The predicted molar refractivity (Wildman–Crippen MR) is 93.9 cm³/mol. The Bertz CT molecular complexity index is 559. The van der Waals surface area contributed by atoms with Crippen molar-refractivity contribution in [3.63, 3.8) is 0 Å². The van der Waals surface area contributed by atoms with E-state index < -0.39 is 0 Å². The lowest BCUT2D eigenvalue weighted by atomic mass is 10.1. The van der Waals surface area contributed by atoms with Gasteiger partial charge >= 0.3 is 0 Å². The molecule has 1 aliphatic carbocycles. The van der Waals surface area contributed by atoms with Crippen molar-refractivity contribution >= 4 is 23.1 Å². The van der Waals surface area contributed by atoms with Gasteiger partial charge in [-0.15, -0.1) is 11.3 Å². The summed E-state index contributed by atoms with van der Waals surface area (Å²) in [5.41, 5.74) is 2.48. The molecule has 2 aromatic rings. The first kappa shape index (κ1) is 15.1. The number of nitrogens with one attached hydrogen (secondary N) is 1. The first-order chi connectivity index (χ1) is 10.4. The zero-order valence-corrected chi connectivity index (χ0v) is 14.1. The van der Waals surface area contributed by atoms with Crippen LogP contribution in [-0.2, 0) is 12.3 Å². The molecule has 21 heavy (non-hydrogen) atoms. The molecule has 0 spiro atoms. The van der Waals surface area contributed by atoms with E-state index in [0.29, 0.717) is 0 Å². The van der Waals surface area contributed by atoms with Crippen molar-refractivity contribution in [1.82, 2.24) is 10.3 Å². The van der Waals surface area contributed by atoms with Crippen LogP contribution in [0.25, 0.3) is 10.4 Å². The smallest absolute Gasteiger partial charge is 0.103 e. The van der Waals surface area contributed by atoms with Gasteiger partial charge in [0.2, 0.25) is 0 Å². The first-order valence-corrected chi connectivity index (χ1v) is 9.53. The summed E-state index contributed by atoms with van der Waals surface area (Å²) in [6.45, 7) is 0.842. The topological polar surface area (TPSA) is 24.9 Å². The molecule has 2 nitrogen and oxygen atoms in total. The zero-order valence-electron chi connectivity index (χ0n) is 12.5. The molecule has 112 valence electrons. The van der Waals surface area contributed by atoms with E-state index in [0.717, 1.165) is 17.5 Å². The van der Waals surface area contributed by atoms with Gasteiger partial charge in [-0.2, -0.15) is 11.8 Å². The predicted octanol–water partition coefficient (Wildman–Crippen LogP) is 4.71. The van der Waals surface area contributed by atoms with Gasteiger partial charge in [-0.3, -0.25) is 0 Å². The maximum absolute atomic E-state index is 4.87. The fourth-order valence-electron chi connectivity index (χ4n) is 2.81. The molecule has 1 fully saturated rings. The number of aromatic nitrogens is 1. The van der Waals surface area contributed by atoms with E-state index in [9.17, 15) is 0 Å². The average molecular weight is 319 g/mol. The molecule has 0 saturated heterocycles. The second-order valence-electron chi connectivity index (χ2n) is 5.50. The highest BCUT2D eigenvalue weighted by Crippen LogP contribution is 2.35. The SMILES string of the molecule is CNCc1nc(CSC2CCCC2)sc1-c1ccccc1. The summed E-state index contributed by atoms with van der Waals surface area (Å²) in [6, 6.07) is 10.6. The summed E-state index contributed by atoms with van der Waals surface area (Å²) < 4.78 is 0. The highest BCUT2D eigenvalue weighted by Gasteiger charge is 2.17. The molecule has 3 rings (SSSR count). The summed E-state index contributed by atoms with van der Waals surface area (Å²) >= 11 is 3.96. The van der Waals surface area contributed by atoms with E-state index in [1.807, 2.05) is 18.4 Å². The number of thiazole rings is 1. The normalized spacial score (nSPS) is 15.7. The molecule has 0 atom stereocenters. The van der Waals surface area contributed by atoms with E-state index in [2.05, 4.69) is 47.4 Å². The summed E-state index contributed by atoms with van der Waals surface area (Å²) in [5, 5.41) is 5.38. The molecule has 4 heteroatoms. The zero-order chi connectivity index (χ0) is 14.5. The Morgan fingerprint density at radius 2 is 2.00 bits per heavy atom. The highest BCUT2D eigenvalue weighted by atomic mass is 32.2. The van der Waals surface area contributed by atoms with Crippen LogP contribution in [0.1, 0.15) is 36.4 Å². The molecule has 0 aliphatic heterocycles. The van der Waals surface area contributed by atoms with Gasteiger partial charge in [0, 0.05) is 17.5 Å². The second kappa shape index (κ2) is 7.43. The van der Waals surface area contributed by atoms with Gasteiger partial charge < -0.3 is 5.32 Å². The molecule has 1 heterocycles. The fraction of sp³-hybridized carbons (Fsp3) is 0.471. The molecule has 1 saturated carbocycles. The Labute approximate surface area is 135 Å². The third-order valence-electron chi connectivity index (χ3n) is 3.87. The van der Waals surface area contributed by atoms with E-state index in [4.69, 9.17) is 4.98 Å². The van der Waals surface area contributed by atoms with Crippen molar-refractivity contribution in [1.29, 1.82) is 0 Å². The summed E-state index contributed by atoms with van der Waals surface area (Å²) in [7, 11) is 1.99. The Hall–Kier alpha value is -0.840. The van der Waals surface area contributed by atoms with Crippen LogP contribution in [0.15, 0.2) is 30.3 Å². The van der Waals surface area contributed by atoms with Crippen LogP contribution in [-0.4, -0.2) is 17.3 Å². The summed E-state index contributed by atoms with van der Waals surface area (Å²) in [6.07, 6.45) is 5.61. The van der Waals surface area contributed by atoms with E-state index in [1.54, 1.807) is 0 Å². The number of thioether (sulfide) groups is 1. The molecule has 1 aliphatic rings. The molecule has 0 bridgehead atoms. The average Bonchev–Trinajstić information content (AvgIpc) is 3.16. The molecule has 0 unspecified atom stereocenters. The molecule has 1 N–H and O–H groups in total. The minimum Gasteiger partial charge on any atom is -0.314 e. The highest BCUT2D eigenvalue weighted by molar-refractivity contribution is 7.99. The van der Waals surface area contributed by atoms with Crippen LogP contribution in [0, 0.1) is 0 Å². The van der Waals surface area contributed by atoms with Gasteiger partial charge in [0.1, 0.15) is 5.01 Å². The molecule has 1 aromatic carbocycles. The van der Waals surface area contributed by atoms with Gasteiger partial charge in [-0.05, 0) is 25.5 Å². The lowest BCUT2D eigenvalue weighted by Gasteiger charge is -2.05. The van der Waals surface area contributed by atoms with Crippen LogP contribution >= 0.6 is 23.1 Å². The Morgan fingerprint density at radius 1 is 1.24 bits per heavy atom. The Kier molecular flexibility index (Phi) is 5.33. The molecule has 1 aromatic heterocycles. The van der Waals surface area contributed by atoms with Crippen LogP contribution in [0.3, 0.4) is 0 Å². The second-order valence-corrected chi connectivity index (χ2v) is 7.87. The molecule has 0 radical (unpaired) electrons. The van der Waals surface area contributed by atoms with Gasteiger partial charge in [0.15, 0.2) is 0 Å². The molecular formula is C17H22N2S2. The van der Waals surface area contributed by atoms with Crippen molar-refractivity contribution < 1.29 is 0 Å². The van der Waals surface area contributed by atoms with E-state index >= 15 is 0 Å². The number of hydrogen-bond acceptors (Lipinski definition) is 4. The van der Waals surface area contributed by atoms with Crippen LogP contribution in [0.4, 0.5) is 0 Å². The van der Waals surface area contributed by atoms with Crippen LogP contribution in [0.5, 0.6) is 0 Å². The number of nitrogens with zero attached hydrogens (tertiary/aromatic N) is 1. The van der Waals surface area contributed by atoms with E-state index in [-0.39, 0.29) is 0 Å². The van der Waals surface area contributed by atoms with Gasteiger partial charge in [-0.25, -0.2) is 4.98 Å². The number of rotatable bonds is 6. The number of benzene rings is 1. The van der Waals surface area contributed by atoms with E-state index in [1.165, 1.54) is 46.8 Å². The van der Waals surface area contributed by atoms with Crippen LogP contribution in [0.2, 0.25) is 0 Å². The van der Waals surface area contributed by atoms with Gasteiger partial charge in [0.05, 0.1) is 10.6 Å². The minimum absolute atomic E-state index is 0.842. The van der Waals surface area contributed by atoms with Crippen LogP contribution < -0.4 is 5.32 Å². The Morgan fingerprint density at radius 3 is 2.71 bits per heavy atom. The lowest BCUT2D eigenvalue weighted by Crippen LogP contribution is -2.06. The van der Waals surface area contributed by atoms with Crippen molar-refractivity contribution in [2.45, 2.75) is 43.2 Å². The number of hydrogen-bond donors (Lipinski definition) is 1. The van der Waals surface area contributed by atoms with Gasteiger partial charge in [0.25, 0.3) is 0 Å². The standard InChI is InChI=1S/C17H22N2S2/c1-18-11-15-17(13-7-3-2-4-8-13)21-16(19-15)12-20-14-9-5-6-10-14/h2-4,7-8,14,18H,5-6,9-12H2,1H3. The Balaban J connectivity index is 1.75. The molecule has 0 amide bonds. The largest absolute Gasteiger partial charge is 0.314 e. The molecular weight excluding hydrogens is 296 g/mol.